The monoisotopic (exact) mass is 283 g/mol. The smallest absolute Gasteiger partial charge is 0.115 e. The summed E-state index contributed by atoms with van der Waals surface area (Å²) in [5.41, 5.74) is 10.4. The molecule has 1 aliphatic carbocycles. The molecule has 0 atom stereocenters. The quantitative estimate of drug-likeness (QED) is 0.882. The normalized spacial score (nSPS) is 16.5. The van der Waals surface area contributed by atoms with Gasteiger partial charge in [0.05, 0.1) is 11.7 Å². The molecular weight excluding hydrogens is 258 g/mol. The van der Waals surface area contributed by atoms with Gasteiger partial charge in [-0.2, -0.15) is 5.10 Å². The van der Waals surface area contributed by atoms with E-state index in [0.717, 1.165) is 16.9 Å². The molecule has 1 aliphatic rings. The molecule has 0 bridgehead atoms. The van der Waals surface area contributed by atoms with Crippen LogP contribution >= 0.6 is 0 Å². The minimum Gasteiger partial charge on any atom is -0.396 e. The number of anilines is 1. The number of nitrogens with two attached hydrogens (primary N) is 1. The molecule has 2 aromatic rings. The van der Waals surface area contributed by atoms with E-state index >= 15 is 0 Å². The second-order valence-electron chi connectivity index (χ2n) is 6.48. The maximum atomic E-state index is 6.19. The maximum Gasteiger partial charge on any atom is 0.115 e. The predicted octanol–water partition coefficient (Wildman–Crippen LogP) is 4.76. The molecule has 1 saturated carbocycles. The lowest BCUT2D eigenvalue weighted by Crippen LogP contribution is -2.13. The number of hydrogen-bond acceptors (Lipinski definition) is 2. The van der Waals surface area contributed by atoms with Crippen LogP contribution in [0.25, 0.3) is 11.3 Å². The number of nitrogen functional groups attached to an aromatic ring is 1. The molecule has 1 aromatic heterocycles. The van der Waals surface area contributed by atoms with Crippen molar-refractivity contribution in [3.8, 4) is 11.3 Å². The molecule has 1 aromatic carbocycles. The Bertz CT molecular complexity index is 589. The highest BCUT2D eigenvalue weighted by atomic mass is 15.3. The SMILES string of the molecule is CC(C)c1ccc(-c2nn(C3CCCCC3)cc2N)cc1. The van der Waals surface area contributed by atoms with Crippen molar-refractivity contribution >= 4 is 5.69 Å². The molecule has 0 saturated heterocycles. The Morgan fingerprint density at radius 3 is 2.38 bits per heavy atom. The molecule has 0 aliphatic heterocycles. The van der Waals surface area contributed by atoms with Crippen molar-refractivity contribution in [1.82, 2.24) is 9.78 Å². The van der Waals surface area contributed by atoms with E-state index in [-0.39, 0.29) is 0 Å². The summed E-state index contributed by atoms with van der Waals surface area (Å²) in [6.45, 7) is 4.42. The van der Waals surface area contributed by atoms with Crippen LogP contribution in [-0.2, 0) is 0 Å². The van der Waals surface area contributed by atoms with Gasteiger partial charge in [0.1, 0.15) is 5.69 Å². The van der Waals surface area contributed by atoms with Crippen molar-refractivity contribution in [2.24, 2.45) is 0 Å². The van der Waals surface area contributed by atoms with Gasteiger partial charge in [0, 0.05) is 11.8 Å². The second-order valence-corrected chi connectivity index (χ2v) is 6.48. The molecule has 3 rings (SSSR count). The van der Waals surface area contributed by atoms with E-state index < -0.39 is 0 Å². The highest BCUT2D eigenvalue weighted by Gasteiger charge is 2.18. The summed E-state index contributed by atoms with van der Waals surface area (Å²) in [5.74, 6) is 0.552. The van der Waals surface area contributed by atoms with Crippen molar-refractivity contribution in [3.05, 3.63) is 36.0 Å². The van der Waals surface area contributed by atoms with Gasteiger partial charge in [0.15, 0.2) is 0 Å². The average molecular weight is 283 g/mol. The third kappa shape index (κ3) is 2.97. The van der Waals surface area contributed by atoms with Crippen molar-refractivity contribution in [3.63, 3.8) is 0 Å². The zero-order valence-corrected chi connectivity index (χ0v) is 13.0. The Morgan fingerprint density at radius 1 is 1.10 bits per heavy atom. The first-order valence-corrected chi connectivity index (χ1v) is 8.10. The van der Waals surface area contributed by atoms with E-state index in [2.05, 4.69) is 42.8 Å². The Kier molecular flexibility index (Phi) is 4.00. The van der Waals surface area contributed by atoms with Gasteiger partial charge in [-0.3, -0.25) is 4.68 Å². The van der Waals surface area contributed by atoms with Gasteiger partial charge in [-0.05, 0) is 24.3 Å². The number of nitrogens with zero attached hydrogens (tertiary/aromatic N) is 2. The number of benzene rings is 1. The van der Waals surface area contributed by atoms with Crippen molar-refractivity contribution in [2.45, 2.75) is 57.9 Å². The molecule has 2 N–H and O–H groups in total. The fourth-order valence-electron chi connectivity index (χ4n) is 3.19. The van der Waals surface area contributed by atoms with E-state index in [1.165, 1.54) is 37.7 Å². The Balaban J connectivity index is 1.86. The van der Waals surface area contributed by atoms with Crippen molar-refractivity contribution < 1.29 is 0 Å². The predicted molar refractivity (Wildman–Crippen MR) is 88.3 cm³/mol. The summed E-state index contributed by atoms with van der Waals surface area (Å²) in [6, 6.07) is 9.17. The summed E-state index contributed by atoms with van der Waals surface area (Å²) in [5, 5.41) is 4.77. The minimum absolute atomic E-state index is 0.532. The van der Waals surface area contributed by atoms with Crippen LogP contribution in [0.3, 0.4) is 0 Å². The van der Waals surface area contributed by atoms with Crippen molar-refractivity contribution in [2.75, 3.05) is 5.73 Å². The van der Waals surface area contributed by atoms with E-state index in [9.17, 15) is 0 Å². The summed E-state index contributed by atoms with van der Waals surface area (Å²) < 4.78 is 2.10. The number of aromatic nitrogens is 2. The maximum absolute atomic E-state index is 6.19. The lowest BCUT2D eigenvalue weighted by molar-refractivity contribution is 0.330. The average Bonchev–Trinajstić information content (AvgIpc) is 2.90. The van der Waals surface area contributed by atoms with Gasteiger partial charge in [-0.25, -0.2) is 0 Å². The molecular formula is C18H25N3. The Hall–Kier alpha value is -1.77. The van der Waals surface area contributed by atoms with Crippen LogP contribution in [0.5, 0.6) is 0 Å². The minimum atomic E-state index is 0.532. The van der Waals surface area contributed by atoms with Gasteiger partial charge in [-0.1, -0.05) is 57.4 Å². The van der Waals surface area contributed by atoms with E-state index in [1.54, 1.807) is 0 Å². The molecule has 3 heteroatoms. The van der Waals surface area contributed by atoms with E-state index in [4.69, 9.17) is 10.8 Å². The highest BCUT2D eigenvalue weighted by molar-refractivity contribution is 5.72. The van der Waals surface area contributed by atoms with Gasteiger partial charge in [0.25, 0.3) is 0 Å². The van der Waals surface area contributed by atoms with Crippen molar-refractivity contribution in [1.29, 1.82) is 0 Å². The van der Waals surface area contributed by atoms with Gasteiger partial charge in [-0.15, -0.1) is 0 Å². The summed E-state index contributed by atoms with van der Waals surface area (Å²) in [7, 11) is 0. The molecule has 0 amide bonds. The largest absolute Gasteiger partial charge is 0.396 e. The van der Waals surface area contributed by atoms with Crippen LogP contribution in [0.1, 0.15) is 63.5 Å². The lowest BCUT2D eigenvalue weighted by atomic mass is 9.96. The van der Waals surface area contributed by atoms with Crippen LogP contribution in [0.4, 0.5) is 5.69 Å². The fourth-order valence-corrected chi connectivity index (χ4v) is 3.19. The standard InChI is InChI=1S/C18H25N3/c1-13(2)14-8-10-15(11-9-14)18-17(19)12-21(20-18)16-6-4-3-5-7-16/h8-13,16H,3-7,19H2,1-2H3. The third-order valence-corrected chi connectivity index (χ3v) is 4.56. The molecule has 0 spiro atoms. The first-order chi connectivity index (χ1) is 10.1. The summed E-state index contributed by atoms with van der Waals surface area (Å²) >= 11 is 0. The number of hydrogen-bond donors (Lipinski definition) is 1. The Morgan fingerprint density at radius 2 is 1.76 bits per heavy atom. The molecule has 1 fully saturated rings. The summed E-state index contributed by atoms with van der Waals surface area (Å²) in [4.78, 5) is 0. The third-order valence-electron chi connectivity index (χ3n) is 4.56. The van der Waals surface area contributed by atoms with Crippen LogP contribution in [0.15, 0.2) is 30.5 Å². The van der Waals surface area contributed by atoms with Crippen LogP contribution in [-0.4, -0.2) is 9.78 Å². The highest BCUT2D eigenvalue weighted by Crippen LogP contribution is 2.32. The first-order valence-electron chi connectivity index (χ1n) is 8.10. The molecule has 1 heterocycles. The topological polar surface area (TPSA) is 43.8 Å². The first kappa shape index (κ1) is 14.2. The van der Waals surface area contributed by atoms with Crippen LogP contribution in [0.2, 0.25) is 0 Å². The number of rotatable bonds is 3. The lowest BCUT2D eigenvalue weighted by Gasteiger charge is -2.21. The van der Waals surface area contributed by atoms with E-state index in [1.807, 2.05) is 6.20 Å². The van der Waals surface area contributed by atoms with Gasteiger partial charge >= 0.3 is 0 Å². The fraction of sp³-hybridized carbons (Fsp3) is 0.500. The Labute approximate surface area is 127 Å². The summed E-state index contributed by atoms with van der Waals surface area (Å²) in [6.07, 6.45) is 8.45. The zero-order chi connectivity index (χ0) is 14.8. The van der Waals surface area contributed by atoms with Crippen LogP contribution in [0, 0.1) is 0 Å². The van der Waals surface area contributed by atoms with Gasteiger partial charge in [0.2, 0.25) is 0 Å². The van der Waals surface area contributed by atoms with Crippen LogP contribution < -0.4 is 5.73 Å². The second kappa shape index (κ2) is 5.92. The molecule has 0 radical (unpaired) electrons. The molecule has 3 nitrogen and oxygen atoms in total. The molecule has 0 unspecified atom stereocenters. The molecule has 112 valence electrons. The van der Waals surface area contributed by atoms with E-state index in [0.29, 0.717) is 12.0 Å². The zero-order valence-electron chi connectivity index (χ0n) is 13.0. The van der Waals surface area contributed by atoms with Gasteiger partial charge < -0.3 is 5.73 Å². The molecule has 21 heavy (non-hydrogen) atoms.